The van der Waals surface area contributed by atoms with Crippen LogP contribution < -0.4 is 10.1 Å². The normalized spacial score (nSPS) is 28.2. The summed E-state index contributed by atoms with van der Waals surface area (Å²) in [4.78, 5) is 0. The van der Waals surface area contributed by atoms with Crippen LogP contribution in [0.2, 0.25) is 0 Å². The molecule has 1 aromatic carbocycles. The van der Waals surface area contributed by atoms with Crippen LogP contribution in [0.5, 0.6) is 5.75 Å². The zero-order chi connectivity index (χ0) is 13.8. The van der Waals surface area contributed by atoms with Gasteiger partial charge in [0, 0.05) is 18.2 Å². The fourth-order valence-electron chi connectivity index (χ4n) is 2.41. The maximum absolute atomic E-state index is 12.4. The Labute approximate surface area is 111 Å². The molecule has 1 aliphatic rings. The number of alkyl halides is 2. The van der Waals surface area contributed by atoms with Crippen molar-refractivity contribution in [2.24, 2.45) is 0 Å². The van der Waals surface area contributed by atoms with Crippen LogP contribution in [-0.2, 0) is 4.74 Å². The van der Waals surface area contributed by atoms with Crippen molar-refractivity contribution in [1.29, 1.82) is 0 Å². The van der Waals surface area contributed by atoms with E-state index in [1.165, 1.54) is 0 Å². The Morgan fingerprint density at radius 3 is 2.79 bits per heavy atom. The lowest BCUT2D eigenvalue weighted by atomic mass is 10.1. The maximum Gasteiger partial charge on any atom is 0.387 e. The number of ether oxygens (including phenoxy) is 2. The molecule has 0 bridgehead atoms. The average Bonchev–Trinajstić information content (AvgIpc) is 2.50. The summed E-state index contributed by atoms with van der Waals surface area (Å²) in [7, 11) is 0. The zero-order valence-electron chi connectivity index (χ0n) is 11.1. The molecule has 1 saturated heterocycles. The third kappa shape index (κ3) is 3.88. The Morgan fingerprint density at radius 2 is 2.05 bits per heavy atom. The number of benzene rings is 1. The molecule has 1 aliphatic heterocycles. The van der Waals surface area contributed by atoms with Gasteiger partial charge >= 0.3 is 6.61 Å². The molecule has 0 amide bonds. The van der Waals surface area contributed by atoms with Gasteiger partial charge in [0.05, 0.1) is 12.2 Å². The predicted molar refractivity (Wildman–Crippen MR) is 68.4 cm³/mol. The fraction of sp³-hybridized carbons (Fsp3) is 0.571. The van der Waals surface area contributed by atoms with Crippen LogP contribution in [0.3, 0.4) is 0 Å². The zero-order valence-corrected chi connectivity index (χ0v) is 11.1. The highest BCUT2D eigenvalue weighted by Gasteiger charge is 2.25. The van der Waals surface area contributed by atoms with Gasteiger partial charge in [-0.05, 0) is 26.3 Å². The lowest BCUT2D eigenvalue weighted by Gasteiger charge is -2.21. The van der Waals surface area contributed by atoms with Gasteiger partial charge < -0.3 is 14.8 Å². The molecular weight excluding hydrogens is 252 g/mol. The van der Waals surface area contributed by atoms with E-state index >= 15 is 0 Å². The van der Waals surface area contributed by atoms with Gasteiger partial charge in [-0.1, -0.05) is 18.2 Å². The minimum Gasteiger partial charge on any atom is -0.434 e. The molecule has 19 heavy (non-hydrogen) atoms. The molecule has 106 valence electrons. The van der Waals surface area contributed by atoms with Crippen LogP contribution in [0.25, 0.3) is 0 Å². The van der Waals surface area contributed by atoms with Crippen LogP contribution in [-0.4, -0.2) is 25.3 Å². The van der Waals surface area contributed by atoms with Gasteiger partial charge in [0.25, 0.3) is 0 Å². The van der Waals surface area contributed by atoms with Crippen molar-refractivity contribution in [2.75, 3.05) is 6.54 Å². The van der Waals surface area contributed by atoms with E-state index in [0.717, 1.165) is 6.42 Å². The second-order valence-electron chi connectivity index (χ2n) is 4.90. The van der Waals surface area contributed by atoms with Crippen LogP contribution >= 0.6 is 0 Å². The number of para-hydroxylation sites is 1. The van der Waals surface area contributed by atoms with Gasteiger partial charge in [-0.15, -0.1) is 0 Å². The van der Waals surface area contributed by atoms with E-state index in [1.807, 2.05) is 6.92 Å². The monoisotopic (exact) mass is 271 g/mol. The number of hydrogen-bond donors (Lipinski definition) is 1. The molecule has 0 saturated carbocycles. The first kappa shape index (κ1) is 14.2. The molecule has 1 N–H and O–H groups in total. The molecule has 3 nitrogen and oxygen atoms in total. The summed E-state index contributed by atoms with van der Waals surface area (Å²) in [5.74, 6) is 0.186. The Balaban J connectivity index is 2.20. The van der Waals surface area contributed by atoms with Gasteiger partial charge in [-0.2, -0.15) is 8.78 Å². The molecule has 0 aromatic heterocycles. The molecule has 5 heteroatoms. The third-order valence-electron chi connectivity index (χ3n) is 3.22. The number of halogens is 2. The number of rotatable bonds is 3. The first-order valence-electron chi connectivity index (χ1n) is 6.49. The summed E-state index contributed by atoms with van der Waals surface area (Å²) < 4.78 is 35.3. The average molecular weight is 271 g/mol. The Kier molecular flexibility index (Phi) is 4.71. The minimum absolute atomic E-state index is 0.0783. The van der Waals surface area contributed by atoms with Gasteiger partial charge in [0.2, 0.25) is 0 Å². The van der Waals surface area contributed by atoms with E-state index in [2.05, 4.69) is 17.0 Å². The largest absolute Gasteiger partial charge is 0.434 e. The molecule has 1 fully saturated rings. The summed E-state index contributed by atoms with van der Waals surface area (Å²) in [5, 5.41) is 3.34. The molecule has 1 heterocycles. The Bertz CT molecular complexity index is 414. The fourth-order valence-corrected chi connectivity index (χ4v) is 2.41. The smallest absolute Gasteiger partial charge is 0.387 e. The van der Waals surface area contributed by atoms with Crippen molar-refractivity contribution < 1.29 is 18.3 Å². The molecule has 3 atom stereocenters. The first-order valence-corrected chi connectivity index (χ1v) is 6.49. The maximum atomic E-state index is 12.4. The summed E-state index contributed by atoms with van der Waals surface area (Å²) in [6, 6.07) is 7.15. The first-order chi connectivity index (χ1) is 9.06. The van der Waals surface area contributed by atoms with Crippen molar-refractivity contribution in [2.45, 2.75) is 45.1 Å². The van der Waals surface area contributed by atoms with E-state index < -0.39 is 6.61 Å². The van der Waals surface area contributed by atoms with Gasteiger partial charge in [0.15, 0.2) is 0 Å². The van der Waals surface area contributed by atoms with E-state index in [4.69, 9.17) is 4.74 Å². The second kappa shape index (κ2) is 6.30. The van der Waals surface area contributed by atoms with Crippen LogP contribution in [0, 0.1) is 0 Å². The summed E-state index contributed by atoms with van der Waals surface area (Å²) >= 11 is 0. The van der Waals surface area contributed by atoms with Crippen LogP contribution in [0.4, 0.5) is 8.78 Å². The van der Waals surface area contributed by atoms with E-state index in [-0.39, 0.29) is 18.0 Å². The van der Waals surface area contributed by atoms with Crippen molar-refractivity contribution in [3.63, 3.8) is 0 Å². The third-order valence-corrected chi connectivity index (χ3v) is 3.22. The Hall–Kier alpha value is -1.20. The van der Waals surface area contributed by atoms with E-state index in [9.17, 15) is 8.78 Å². The van der Waals surface area contributed by atoms with Crippen molar-refractivity contribution in [3.05, 3.63) is 29.8 Å². The van der Waals surface area contributed by atoms with Crippen LogP contribution in [0.1, 0.15) is 31.9 Å². The van der Waals surface area contributed by atoms with Crippen molar-refractivity contribution in [3.8, 4) is 5.75 Å². The molecule has 3 unspecified atom stereocenters. The standard InChI is InChI=1S/C14H19F2NO2/c1-9-7-10(2)18-13(8-17-9)11-5-3-4-6-12(11)19-14(15)16/h3-6,9-10,13-14,17H,7-8H2,1-2H3. The van der Waals surface area contributed by atoms with Gasteiger partial charge in [0.1, 0.15) is 5.75 Å². The second-order valence-corrected chi connectivity index (χ2v) is 4.90. The summed E-state index contributed by atoms with van der Waals surface area (Å²) in [6.07, 6.45) is 0.707. The molecule has 0 radical (unpaired) electrons. The van der Waals surface area contributed by atoms with Crippen molar-refractivity contribution in [1.82, 2.24) is 5.32 Å². The highest BCUT2D eigenvalue weighted by molar-refractivity contribution is 5.35. The topological polar surface area (TPSA) is 30.5 Å². The van der Waals surface area contributed by atoms with E-state index in [0.29, 0.717) is 18.2 Å². The lowest BCUT2D eigenvalue weighted by Crippen LogP contribution is -2.28. The highest BCUT2D eigenvalue weighted by Crippen LogP contribution is 2.31. The van der Waals surface area contributed by atoms with Gasteiger partial charge in [-0.3, -0.25) is 0 Å². The lowest BCUT2D eigenvalue weighted by molar-refractivity contribution is -0.0539. The number of nitrogens with one attached hydrogen (secondary N) is 1. The van der Waals surface area contributed by atoms with Crippen molar-refractivity contribution >= 4 is 0 Å². The molecular formula is C14H19F2NO2. The molecule has 2 rings (SSSR count). The minimum atomic E-state index is -2.82. The van der Waals surface area contributed by atoms with Gasteiger partial charge in [-0.25, -0.2) is 0 Å². The molecule has 0 aliphatic carbocycles. The highest BCUT2D eigenvalue weighted by atomic mass is 19.3. The van der Waals surface area contributed by atoms with E-state index in [1.54, 1.807) is 24.3 Å². The molecule has 0 spiro atoms. The predicted octanol–water partition coefficient (Wildman–Crippen LogP) is 3.12. The SMILES string of the molecule is CC1CC(C)OC(c2ccccc2OC(F)F)CN1. The Morgan fingerprint density at radius 1 is 1.32 bits per heavy atom. The summed E-state index contributed by atoms with van der Waals surface area (Å²) in [6.45, 7) is 1.85. The van der Waals surface area contributed by atoms with Crippen LogP contribution in [0.15, 0.2) is 24.3 Å². The molecule has 1 aromatic rings. The quantitative estimate of drug-likeness (QED) is 0.916. The number of hydrogen-bond acceptors (Lipinski definition) is 3. The summed E-state index contributed by atoms with van der Waals surface area (Å²) in [5.41, 5.74) is 0.663.